The lowest BCUT2D eigenvalue weighted by Crippen LogP contribution is -2.14. The van der Waals surface area contributed by atoms with E-state index in [0.717, 1.165) is 27.7 Å². The summed E-state index contributed by atoms with van der Waals surface area (Å²) >= 11 is 1.40. The molecule has 3 aromatic rings. The smallest absolute Gasteiger partial charge is 0.234 e. The SMILES string of the molecule is COc1ccc(-c2nc(C)cc(SCC(=O)Nc3cccc(C(C)C)c3)n2)cc1. The molecule has 29 heavy (non-hydrogen) atoms. The lowest BCUT2D eigenvalue weighted by molar-refractivity contribution is -0.113. The highest BCUT2D eigenvalue weighted by molar-refractivity contribution is 7.99. The monoisotopic (exact) mass is 407 g/mol. The second kappa shape index (κ2) is 9.56. The second-order valence-electron chi connectivity index (χ2n) is 7.02. The number of aryl methyl sites for hydroxylation is 1. The summed E-state index contributed by atoms with van der Waals surface area (Å²) in [6.07, 6.45) is 0. The van der Waals surface area contributed by atoms with Crippen LogP contribution in [0, 0.1) is 6.92 Å². The van der Waals surface area contributed by atoms with Gasteiger partial charge in [0.25, 0.3) is 0 Å². The summed E-state index contributed by atoms with van der Waals surface area (Å²) in [5.41, 5.74) is 3.79. The summed E-state index contributed by atoms with van der Waals surface area (Å²) < 4.78 is 5.20. The highest BCUT2D eigenvalue weighted by Gasteiger charge is 2.09. The van der Waals surface area contributed by atoms with Crippen molar-refractivity contribution in [2.75, 3.05) is 18.2 Å². The molecule has 0 spiro atoms. The van der Waals surface area contributed by atoms with Gasteiger partial charge in [-0.25, -0.2) is 9.97 Å². The number of amides is 1. The highest BCUT2D eigenvalue weighted by atomic mass is 32.2. The van der Waals surface area contributed by atoms with Gasteiger partial charge in [0.15, 0.2) is 5.82 Å². The van der Waals surface area contributed by atoms with Crippen LogP contribution in [-0.4, -0.2) is 28.7 Å². The van der Waals surface area contributed by atoms with Crippen LogP contribution in [0.5, 0.6) is 5.75 Å². The van der Waals surface area contributed by atoms with Crippen LogP contribution >= 0.6 is 11.8 Å². The number of hydrogen-bond acceptors (Lipinski definition) is 5. The van der Waals surface area contributed by atoms with E-state index in [-0.39, 0.29) is 11.7 Å². The summed E-state index contributed by atoms with van der Waals surface area (Å²) in [6, 6.07) is 17.5. The molecule has 1 aromatic heterocycles. The molecule has 0 bridgehead atoms. The number of rotatable bonds is 7. The first-order valence-corrected chi connectivity index (χ1v) is 10.5. The highest BCUT2D eigenvalue weighted by Crippen LogP contribution is 2.24. The van der Waals surface area contributed by atoms with Crippen LogP contribution in [0.3, 0.4) is 0 Å². The van der Waals surface area contributed by atoms with E-state index in [0.29, 0.717) is 11.7 Å². The first-order chi connectivity index (χ1) is 13.9. The molecular formula is C23H25N3O2S. The van der Waals surface area contributed by atoms with Crippen molar-refractivity contribution in [2.24, 2.45) is 0 Å². The summed E-state index contributed by atoms with van der Waals surface area (Å²) in [7, 11) is 1.64. The average molecular weight is 408 g/mol. The van der Waals surface area contributed by atoms with Crippen molar-refractivity contribution in [3.8, 4) is 17.1 Å². The fourth-order valence-electron chi connectivity index (χ4n) is 2.79. The van der Waals surface area contributed by atoms with Gasteiger partial charge in [-0.2, -0.15) is 0 Å². The molecular weight excluding hydrogens is 382 g/mol. The normalized spacial score (nSPS) is 10.8. The van der Waals surface area contributed by atoms with Crippen LogP contribution in [0.4, 0.5) is 5.69 Å². The van der Waals surface area contributed by atoms with Crippen LogP contribution in [0.1, 0.15) is 31.0 Å². The third kappa shape index (κ3) is 5.81. The summed E-state index contributed by atoms with van der Waals surface area (Å²) in [5.74, 6) is 2.07. The molecule has 0 aliphatic carbocycles. The van der Waals surface area contributed by atoms with Gasteiger partial charge in [0, 0.05) is 16.9 Å². The van der Waals surface area contributed by atoms with Gasteiger partial charge >= 0.3 is 0 Å². The Morgan fingerprint density at radius 2 is 1.86 bits per heavy atom. The van der Waals surface area contributed by atoms with Crippen molar-refractivity contribution in [2.45, 2.75) is 31.7 Å². The third-order valence-electron chi connectivity index (χ3n) is 4.37. The van der Waals surface area contributed by atoms with Crippen LogP contribution in [0.2, 0.25) is 0 Å². The molecule has 6 heteroatoms. The van der Waals surface area contributed by atoms with E-state index in [1.54, 1.807) is 7.11 Å². The van der Waals surface area contributed by atoms with Crippen LogP contribution in [0.25, 0.3) is 11.4 Å². The van der Waals surface area contributed by atoms with Gasteiger partial charge in [0.2, 0.25) is 5.91 Å². The van der Waals surface area contributed by atoms with Gasteiger partial charge < -0.3 is 10.1 Å². The van der Waals surface area contributed by atoms with E-state index >= 15 is 0 Å². The lowest BCUT2D eigenvalue weighted by atomic mass is 10.0. The zero-order valence-electron chi connectivity index (χ0n) is 17.1. The zero-order valence-corrected chi connectivity index (χ0v) is 17.9. The molecule has 0 fully saturated rings. The van der Waals surface area contributed by atoms with Gasteiger partial charge in [-0.15, -0.1) is 0 Å². The van der Waals surface area contributed by atoms with Crippen LogP contribution in [-0.2, 0) is 4.79 Å². The fourth-order valence-corrected chi connectivity index (χ4v) is 3.55. The number of thioether (sulfide) groups is 1. The van der Waals surface area contributed by atoms with Gasteiger partial charge in [-0.05, 0) is 60.9 Å². The molecule has 0 aliphatic rings. The van der Waals surface area contributed by atoms with Crippen LogP contribution < -0.4 is 10.1 Å². The van der Waals surface area contributed by atoms with Crippen molar-refractivity contribution < 1.29 is 9.53 Å². The number of aromatic nitrogens is 2. The number of carbonyl (C=O) groups is 1. The molecule has 1 amide bonds. The number of hydrogen-bond donors (Lipinski definition) is 1. The molecule has 0 unspecified atom stereocenters. The average Bonchev–Trinajstić information content (AvgIpc) is 2.72. The van der Waals surface area contributed by atoms with Crippen LogP contribution in [0.15, 0.2) is 59.6 Å². The van der Waals surface area contributed by atoms with Gasteiger partial charge in [-0.1, -0.05) is 37.7 Å². The fraction of sp³-hybridized carbons (Fsp3) is 0.261. The Kier molecular flexibility index (Phi) is 6.88. The minimum Gasteiger partial charge on any atom is -0.497 e. The van der Waals surface area contributed by atoms with Crippen molar-refractivity contribution in [3.05, 3.63) is 65.9 Å². The topological polar surface area (TPSA) is 64.1 Å². The number of carbonyl (C=O) groups excluding carboxylic acids is 1. The Labute approximate surface area is 175 Å². The Bertz CT molecular complexity index is 988. The largest absolute Gasteiger partial charge is 0.497 e. The summed E-state index contributed by atoms with van der Waals surface area (Å²) in [5, 5.41) is 3.74. The first kappa shape index (κ1) is 20.9. The molecule has 0 atom stereocenters. The lowest BCUT2D eigenvalue weighted by Gasteiger charge is -2.10. The first-order valence-electron chi connectivity index (χ1n) is 9.47. The maximum Gasteiger partial charge on any atom is 0.234 e. The molecule has 0 saturated heterocycles. The standard InChI is InChI=1S/C23H25N3O2S/c1-15(2)18-6-5-7-19(13-18)25-21(27)14-29-22-12-16(3)24-23(26-22)17-8-10-20(28-4)11-9-17/h5-13,15H,14H2,1-4H3,(H,25,27). The minimum absolute atomic E-state index is 0.0573. The minimum atomic E-state index is -0.0573. The van der Waals surface area contributed by atoms with E-state index in [9.17, 15) is 4.79 Å². The Balaban J connectivity index is 1.66. The van der Waals surface area contributed by atoms with Gasteiger partial charge in [0.1, 0.15) is 10.8 Å². The molecule has 150 valence electrons. The molecule has 5 nitrogen and oxygen atoms in total. The molecule has 2 aromatic carbocycles. The van der Waals surface area contributed by atoms with Crippen molar-refractivity contribution in [1.82, 2.24) is 9.97 Å². The molecule has 0 aliphatic heterocycles. The summed E-state index contributed by atoms with van der Waals surface area (Å²) in [4.78, 5) is 21.5. The number of nitrogens with one attached hydrogen (secondary N) is 1. The summed E-state index contributed by atoms with van der Waals surface area (Å²) in [6.45, 7) is 6.19. The van der Waals surface area contributed by atoms with Gasteiger partial charge in [-0.3, -0.25) is 4.79 Å². The molecule has 0 radical (unpaired) electrons. The predicted molar refractivity (Wildman–Crippen MR) is 119 cm³/mol. The Morgan fingerprint density at radius 1 is 1.10 bits per heavy atom. The van der Waals surface area contributed by atoms with E-state index in [1.165, 1.54) is 17.3 Å². The zero-order chi connectivity index (χ0) is 20.8. The molecule has 1 heterocycles. The van der Waals surface area contributed by atoms with Crippen molar-refractivity contribution in [3.63, 3.8) is 0 Å². The van der Waals surface area contributed by atoms with E-state index < -0.39 is 0 Å². The third-order valence-corrected chi connectivity index (χ3v) is 5.28. The number of nitrogens with zero attached hydrogens (tertiary/aromatic N) is 2. The van der Waals surface area contributed by atoms with E-state index in [2.05, 4.69) is 35.2 Å². The van der Waals surface area contributed by atoms with E-state index in [4.69, 9.17) is 4.74 Å². The molecule has 1 N–H and O–H groups in total. The Morgan fingerprint density at radius 3 is 2.55 bits per heavy atom. The molecule has 3 rings (SSSR count). The maximum atomic E-state index is 12.4. The van der Waals surface area contributed by atoms with Gasteiger partial charge in [0.05, 0.1) is 12.9 Å². The molecule has 0 saturated carbocycles. The van der Waals surface area contributed by atoms with Crippen molar-refractivity contribution >= 4 is 23.4 Å². The Hall–Kier alpha value is -2.86. The predicted octanol–water partition coefficient (Wildman–Crippen LogP) is 5.31. The quantitative estimate of drug-likeness (QED) is 0.424. The number of methoxy groups -OCH3 is 1. The number of ether oxygens (including phenoxy) is 1. The van der Waals surface area contributed by atoms with E-state index in [1.807, 2.05) is 55.5 Å². The maximum absolute atomic E-state index is 12.4. The van der Waals surface area contributed by atoms with Crippen molar-refractivity contribution in [1.29, 1.82) is 0 Å². The number of anilines is 1. The second-order valence-corrected chi connectivity index (χ2v) is 8.01. The number of benzene rings is 2.